The molecule has 1 aromatic carbocycles. The van der Waals surface area contributed by atoms with E-state index in [0.29, 0.717) is 22.3 Å². The highest BCUT2D eigenvalue weighted by Crippen LogP contribution is 2.21. The van der Waals surface area contributed by atoms with Crippen molar-refractivity contribution in [2.24, 2.45) is 0 Å². The molecule has 20 heavy (non-hydrogen) atoms. The third-order valence-electron chi connectivity index (χ3n) is 2.76. The molecule has 0 aliphatic carbocycles. The Bertz CT molecular complexity index is 659. The molecule has 1 heterocycles. The van der Waals surface area contributed by atoms with Gasteiger partial charge in [0.25, 0.3) is 0 Å². The van der Waals surface area contributed by atoms with Gasteiger partial charge in [-0.2, -0.15) is 0 Å². The molecular formula is C14H13ClN2O3. The zero-order chi connectivity index (χ0) is 14.7. The molecule has 0 saturated carbocycles. The summed E-state index contributed by atoms with van der Waals surface area (Å²) in [6.45, 7) is 3.68. The number of halogens is 1. The van der Waals surface area contributed by atoms with Gasteiger partial charge in [-0.15, -0.1) is 0 Å². The quantitative estimate of drug-likeness (QED) is 0.938. The predicted octanol–water partition coefficient (Wildman–Crippen LogP) is 3.02. The molecule has 2 rings (SSSR count). The van der Waals surface area contributed by atoms with E-state index in [4.69, 9.17) is 21.4 Å². The predicted molar refractivity (Wildman–Crippen MR) is 74.2 cm³/mol. The van der Waals surface area contributed by atoms with Crippen molar-refractivity contribution in [2.75, 3.05) is 0 Å². The third kappa shape index (κ3) is 3.24. The summed E-state index contributed by atoms with van der Waals surface area (Å²) in [6.07, 6.45) is 1.29. The summed E-state index contributed by atoms with van der Waals surface area (Å²) in [5, 5.41) is 9.57. The van der Waals surface area contributed by atoms with Gasteiger partial charge in [-0.25, -0.2) is 14.8 Å². The van der Waals surface area contributed by atoms with Crippen LogP contribution in [0.15, 0.2) is 24.4 Å². The van der Waals surface area contributed by atoms with Crippen LogP contribution in [-0.4, -0.2) is 21.0 Å². The van der Waals surface area contributed by atoms with Gasteiger partial charge < -0.3 is 9.84 Å². The number of hydrogen-bond donors (Lipinski definition) is 1. The fraction of sp³-hybridized carbons (Fsp3) is 0.214. The van der Waals surface area contributed by atoms with Crippen molar-refractivity contribution in [3.63, 3.8) is 0 Å². The average molecular weight is 293 g/mol. The van der Waals surface area contributed by atoms with Crippen LogP contribution in [0, 0.1) is 13.8 Å². The standard InChI is InChI=1S/C14H13ClN2O3/c1-8-5-10(3-4-12(8)15)20-7-13-16-6-11(14(18)19)9(2)17-13/h3-6H,7H2,1-2H3,(H,18,19). The van der Waals surface area contributed by atoms with Crippen molar-refractivity contribution in [1.29, 1.82) is 0 Å². The van der Waals surface area contributed by atoms with Crippen LogP contribution in [0.5, 0.6) is 5.75 Å². The SMILES string of the molecule is Cc1cc(OCc2ncc(C(=O)O)c(C)n2)ccc1Cl. The van der Waals surface area contributed by atoms with E-state index in [2.05, 4.69) is 9.97 Å². The molecule has 5 nitrogen and oxygen atoms in total. The molecule has 0 saturated heterocycles. The Kier molecular flexibility index (Phi) is 4.20. The summed E-state index contributed by atoms with van der Waals surface area (Å²) in [5.74, 6) is 0.0545. The molecule has 0 aliphatic rings. The topological polar surface area (TPSA) is 72.3 Å². The Morgan fingerprint density at radius 2 is 2.15 bits per heavy atom. The van der Waals surface area contributed by atoms with E-state index < -0.39 is 5.97 Å². The summed E-state index contributed by atoms with van der Waals surface area (Å²) in [5.41, 5.74) is 1.43. The van der Waals surface area contributed by atoms with Crippen molar-refractivity contribution in [1.82, 2.24) is 9.97 Å². The summed E-state index contributed by atoms with van der Waals surface area (Å²) >= 11 is 5.93. The molecular weight excluding hydrogens is 280 g/mol. The van der Waals surface area contributed by atoms with Crippen LogP contribution in [0.3, 0.4) is 0 Å². The van der Waals surface area contributed by atoms with E-state index in [0.717, 1.165) is 5.56 Å². The highest BCUT2D eigenvalue weighted by molar-refractivity contribution is 6.31. The van der Waals surface area contributed by atoms with Crippen molar-refractivity contribution >= 4 is 17.6 Å². The Balaban J connectivity index is 2.09. The molecule has 0 spiro atoms. The average Bonchev–Trinajstić information content (AvgIpc) is 2.40. The van der Waals surface area contributed by atoms with Gasteiger partial charge in [0, 0.05) is 11.2 Å². The summed E-state index contributed by atoms with van der Waals surface area (Å²) in [6, 6.07) is 5.33. The second kappa shape index (κ2) is 5.88. The minimum atomic E-state index is -1.04. The van der Waals surface area contributed by atoms with E-state index in [-0.39, 0.29) is 12.2 Å². The van der Waals surface area contributed by atoms with Gasteiger partial charge in [-0.3, -0.25) is 0 Å². The van der Waals surface area contributed by atoms with Crippen molar-refractivity contribution in [2.45, 2.75) is 20.5 Å². The number of carboxylic acids is 1. The van der Waals surface area contributed by atoms with Crippen LogP contribution in [0.25, 0.3) is 0 Å². The number of aryl methyl sites for hydroxylation is 2. The van der Waals surface area contributed by atoms with E-state index in [1.807, 2.05) is 13.0 Å². The first-order chi connectivity index (χ1) is 9.47. The maximum Gasteiger partial charge on any atom is 0.339 e. The molecule has 0 bridgehead atoms. The molecule has 1 N–H and O–H groups in total. The van der Waals surface area contributed by atoms with Crippen molar-refractivity contribution < 1.29 is 14.6 Å². The number of aromatic nitrogens is 2. The first kappa shape index (κ1) is 14.3. The Labute approximate surface area is 121 Å². The zero-order valence-electron chi connectivity index (χ0n) is 11.1. The lowest BCUT2D eigenvalue weighted by Crippen LogP contribution is -2.08. The lowest BCUT2D eigenvalue weighted by molar-refractivity contribution is 0.0695. The van der Waals surface area contributed by atoms with Gasteiger partial charge in [0.2, 0.25) is 0 Å². The van der Waals surface area contributed by atoms with E-state index in [1.54, 1.807) is 19.1 Å². The summed E-state index contributed by atoms with van der Waals surface area (Å²) in [4.78, 5) is 18.9. The molecule has 2 aromatic rings. The monoisotopic (exact) mass is 292 g/mol. The number of nitrogens with zero attached hydrogens (tertiary/aromatic N) is 2. The highest BCUT2D eigenvalue weighted by atomic mass is 35.5. The van der Waals surface area contributed by atoms with E-state index in [9.17, 15) is 4.79 Å². The van der Waals surface area contributed by atoms with Gasteiger partial charge >= 0.3 is 5.97 Å². The highest BCUT2D eigenvalue weighted by Gasteiger charge is 2.10. The van der Waals surface area contributed by atoms with Crippen LogP contribution in [0.1, 0.15) is 27.4 Å². The lowest BCUT2D eigenvalue weighted by atomic mass is 10.2. The normalized spacial score (nSPS) is 10.3. The number of ether oxygens (including phenoxy) is 1. The summed E-state index contributed by atoms with van der Waals surface area (Å²) < 4.78 is 5.55. The third-order valence-corrected chi connectivity index (χ3v) is 3.18. The number of benzene rings is 1. The van der Waals surface area contributed by atoms with Crippen molar-refractivity contribution in [3.05, 3.63) is 52.1 Å². The number of carbonyl (C=O) groups is 1. The van der Waals surface area contributed by atoms with Crippen LogP contribution in [0.2, 0.25) is 5.02 Å². The first-order valence-electron chi connectivity index (χ1n) is 5.92. The zero-order valence-corrected chi connectivity index (χ0v) is 11.8. The molecule has 104 valence electrons. The minimum absolute atomic E-state index is 0.0936. The summed E-state index contributed by atoms with van der Waals surface area (Å²) in [7, 11) is 0. The number of rotatable bonds is 4. The molecule has 0 amide bonds. The number of carboxylic acid groups (broad SMARTS) is 1. The van der Waals surface area contributed by atoms with Crippen LogP contribution in [-0.2, 0) is 6.61 Å². The molecule has 0 fully saturated rings. The molecule has 1 aromatic heterocycles. The lowest BCUT2D eigenvalue weighted by Gasteiger charge is -2.08. The van der Waals surface area contributed by atoms with Crippen LogP contribution < -0.4 is 4.74 Å². The molecule has 0 aliphatic heterocycles. The fourth-order valence-electron chi connectivity index (χ4n) is 1.65. The molecule has 6 heteroatoms. The molecule has 0 radical (unpaired) electrons. The van der Waals surface area contributed by atoms with Crippen LogP contribution in [0.4, 0.5) is 0 Å². The second-order valence-electron chi connectivity index (χ2n) is 4.29. The second-order valence-corrected chi connectivity index (χ2v) is 4.70. The number of hydrogen-bond acceptors (Lipinski definition) is 4. The van der Waals surface area contributed by atoms with Gasteiger partial charge in [0.05, 0.1) is 11.3 Å². The Hall–Kier alpha value is -2.14. The molecule has 0 unspecified atom stereocenters. The first-order valence-corrected chi connectivity index (χ1v) is 6.30. The van der Waals surface area contributed by atoms with Gasteiger partial charge in [-0.05, 0) is 37.6 Å². The van der Waals surface area contributed by atoms with E-state index in [1.165, 1.54) is 6.20 Å². The fourth-order valence-corrected chi connectivity index (χ4v) is 1.77. The largest absolute Gasteiger partial charge is 0.486 e. The van der Waals surface area contributed by atoms with Gasteiger partial charge in [0.1, 0.15) is 12.4 Å². The minimum Gasteiger partial charge on any atom is -0.486 e. The Morgan fingerprint density at radius 3 is 2.75 bits per heavy atom. The maximum atomic E-state index is 10.9. The smallest absolute Gasteiger partial charge is 0.339 e. The maximum absolute atomic E-state index is 10.9. The Morgan fingerprint density at radius 1 is 1.40 bits per heavy atom. The van der Waals surface area contributed by atoms with Crippen molar-refractivity contribution in [3.8, 4) is 5.75 Å². The van der Waals surface area contributed by atoms with Gasteiger partial charge in [0.15, 0.2) is 5.82 Å². The molecule has 0 atom stereocenters. The van der Waals surface area contributed by atoms with E-state index >= 15 is 0 Å². The van der Waals surface area contributed by atoms with Crippen LogP contribution >= 0.6 is 11.6 Å². The van der Waals surface area contributed by atoms with Gasteiger partial charge in [-0.1, -0.05) is 11.6 Å². The number of aromatic carboxylic acids is 1.